The van der Waals surface area contributed by atoms with Crippen LogP contribution in [0.25, 0.3) is 0 Å². The summed E-state index contributed by atoms with van der Waals surface area (Å²) in [6.07, 6.45) is 8.06. The van der Waals surface area contributed by atoms with E-state index in [-0.39, 0.29) is 17.7 Å². The third-order valence-corrected chi connectivity index (χ3v) is 6.63. The van der Waals surface area contributed by atoms with E-state index in [4.69, 9.17) is 11.6 Å². The molecule has 1 aromatic carbocycles. The van der Waals surface area contributed by atoms with Crippen LogP contribution in [0.5, 0.6) is 0 Å². The number of nitrogens with zero attached hydrogens (tertiary/aromatic N) is 3. The second-order valence-electron chi connectivity index (χ2n) is 8.02. The first-order valence-electron chi connectivity index (χ1n) is 10.7. The van der Waals surface area contributed by atoms with Crippen molar-refractivity contribution >= 4 is 35.1 Å². The van der Waals surface area contributed by atoms with Crippen LogP contribution in [-0.2, 0) is 11.2 Å². The fourth-order valence-corrected chi connectivity index (χ4v) is 4.72. The molecule has 1 aromatic heterocycles. The number of nitrogens with one attached hydrogen (secondary N) is 1. The number of benzene rings is 1. The standard InChI is InChI=1S/C23H31ClN4OS/c1-17(13-14-18-9-5-3-6-10-18)25-22(29)16-30-23-26-20(24)15-21(27-23)28(2)19-11-7-4-8-12-19/h3,5-6,9-10,15,17,19H,4,7-8,11-14,16H2,1-2H3,(H,25,29). The van der Waals surface area contributed by atoms with Gasteiger partial charge >= 0.3 is 0 Å². The molecule has 2 aromatic rings. The molecule has 1 amide bonds. The topological polar surface area (TPSA) is 58.1 Å². The van der Waals surface area contributed by atoms with Gasteiger partial charge in [0.25, 0.3) is 0 Å². The molecule has 7 heteroatoms. The Kier molecular flexibility index (Phi) is 8.82. The minimum Gasteiger partial charge on any atom is -0.357 e. The average Bonchev–Trinajstić information content (AvgIpc) is 2.77. The molecule has 0 saturated heterocycles. The summed E-state index contributed by atoms with van der Waals surface area (Å²) in [6, 6.07) is 12.8. The van der Waals surface area contributed by atoms with Gasteiger partial charge in [-0.15, -0.1) is 0 Å². The van der Waals surface area contributed by atoms with Crippen LogP contribution in [-0.4, -0.2) is 40.8 Å². The van der Waals surface area contributed by atoms with Gasteiger partial charge in [-0.2, -0.15) is 0 Å². The van der Waals surface area contributed by atoms with Crippen molar-refractivity contribution in [2.75, 3.05) is 17.7 Å². The summed E-state index contributed by atoms with van der Waals surface area (Å²) < 4.78 is 0. The first-order chi connectivity index (χ1) is 14.5. The molecule has 0 radical (unpaired) electrons. The summed E-state index contributed by atoms with van der Waals surface area (Å²) in [5.74, 6) is 1.11. The number of carbonyl (C=O) groups is 1. The summed E-state index contributed by atoms with van der Waals surface area (Å²) in [5, 5.41) is 4.03. The van der Waals surface area contributed by atoms with Gasteiger partial charge < -0.3 is 10.2 Å². The minimum atomic E-state index is -0.00803. The predicted molar refractivity (Wildman–Crippen MR) is 125 cm³/mol. The number of aromatic nitrogens is 2. The van der Waals surface area contributed by atoms with Crippen LogP contribution in [0.3, 0.4) is 0 Å². The van der Waals surface area contributed by atoms with E-state index in [0.717, 1.165) is 18.7 Å². The van der Waals surface area contributed by atoms with E-state index in [1.165, 1.54) is 49.4 Å². The molecule has 0 bridgehead atoms. The number of aryl methyl sites for hydroxylation is 1. The van der Waals surface area contributed by atoms with Gasteiger partial charge in [-0.25, -0.2) is 9.97 Å². The highest BCUT2D eigenvalue weighted by Crippen LogP contribution is 2.27. The third-order valence-electron chi connectivity index (χ3n) is 5.59. The van der Waals surface area contributed by atoms with Crippen molar-refractivity contribution < 1.29 is 4.79 Å². The molecule has 0 spiro atoms. The number of thioether (sulfide) groups is 1. The van der Waals surface area contributed by atoms with E-state index in [9.17, 15) is 4.79 Å². The highest BCUT2D eigenvalue weighted by Gasteiger charge is 2.20. The molecule has 1 saturated carbocycles. The van der Waals surface area contributed by atoms with E-state index < -0.39 is 0 Å². The Morgan fingerprint density at radius 3 is 2.70 bits per heavy atom. The van der Waals surface area contributed by atoms with Crippen LogP contribution < -0.4 is 10.2 Å². The van der Waals surface area contributed by atoms with Crippen molar-refractivity contribution in [3.8, 4) is 0 Å². The van der Waals surface area contributed by atoms with Gasteiger partial charge in [0.1, 0.15) is 11.0 Å². The van der Waals surface area contributed by atoms with Crippen LogP contribution in [0, 0.1) is 0 Å². The number of anilines is 1. The van der Waals surface area contributed by atoms with E-state index >= 15 is 0 Å². The Bertz CT molecular complexity index is 814. The number of carbonyl (C=O) groups excluding carboxylic acids is 1. The first-order valence-corrected chi connectivity index (χ1v) is 12.1. The van der Waals surface area contributed by atoms with Gasteiger partial charge in [0.15, 0.2) is 5.16 Å². The lowest BCUT2D eigenvalue weighted by Gasteiger charge is -2.32. The summed E-state index contributed by atoms with van der Waals surface area (Å²) in [7, 11) is 2.07. The Morgan fingerprint density at radius 2 is 1.97 bits per heavy atom. The Morgan fingerprint density at radius 1 is 1.23 bits per heavy atom. The fourth-order valence-electron chi connectivity index (χ4n) is 3.83. The van der Waals surface area contributed by atoms with Gasteiger partial charge in [-0.05, 0) is 38.2 Å². The Labute approximate surface area is 189 Å². The summed E-state index contributed by atoms with van der Waals surface area (Å²) in [4.78, 5) is 23.5. The molecule has 162 valence electrons. The van der Waals surface area contributed by atoms with Gasteiger partial charge in [-0.1, -0.05) is 73.0 Å². The fraction of sp³-hybridized carbons (Fsp3) is 0.522. The van der Waals surface area contributed by atoms with E-state index in [0.29, 0.717) is 16.4 Å². The summed E-state index contributed by atoms with van der Waals surface area (Å²) in [6.45, 7) is 2.04. The second-order valence-corrected chi connectivity index (χ2v) is 9.35. The highest BCUT2D eigenvalue weighted by molar-refractivity contribution is 7.99. The second kappa shape index (κ2) is 11.6. The van der Waals surface area contributed by atoms with Crippen LogP contribution in [0.2, 0.25) is 5.15 Å². The minimum absolute atomic E-state index is 0.00803. The molecule has 5 nitrogen and oxygen atoms in total. The van der Waals surface area contributed by atoms with E-state index in [1.54, 1.807) is 0 Å². The molecule has 1 aliphatic rings. The number of hydrogen-bond acceptors (Lipinski definition) is 5. The quantitative estimate of drug-likeness (QED) is 0.328. The molecule has 1 aliphatic carbocycles. The van der Waals surface area contributed by atoms with Gasteiger partial charge in [-0.3, -0.25) is 4.79 Å². The van der Waals surface area contributed by atoms with Crippen molar-refractivity contribution in [1.29, 1.82) is 0 Å². The summed E-state index contributed by atoms with van der Waals surface area (Å²) >= 11 is 7.57. The zero-order chi connectivity index (χ0) is 21.3. The normalized spacial score (nSPS) is 15.6. The molecule has 30 heavy (non-hydrogen) atoms. The highest BCUT2D eigenvalue weighted by atomic mass is 35.5. The SMILES string of the molecule is CC(CCc1ccccc1)NC(=O)CSc1nc(Cl)cc(N(C)C2CCCCC2)n1. The third kappa shape index (κ3) is 7.17. The predicted octanol–water partition coefficient (Wildman–Crippen LogP) is 5.13. The largest absolute Gasteiger partial charge is 0.357 e. The van der Waals surface area contributed by atoms with E-state index in [1.807, 2.05) is 31.2 Å². The maximum absolute atomic E-state index is 12.4. The lowest BCUT2D eigenvalue weighted by Crippen LogP contribution is -2.34. The van der Waals surface area contributed by atoms with Crippen molar-refractivity contribution in [2.45, 2.75) is 69.1 Å². The van der Waals surface area contributed by atoms with Crippen molar-refractivity contribution in [3.63, 3.8) is 0 Å². The van der Waals surface area contributed by atoms with Gasteiger partial charge in [0.2, 0.25) is 5.91 Å². The van der Waals surface area contributed by atoms with Gasteiger partial charge in [0, 0.05) is 25.2 Å². The van der Waals surface area contributed by atoms with Crippen LogP contribution in [0.15, 0.2) is 41.6 Å². The smallest absolute Gasteiger partial charge is 0.230 e. The Hall–Kier alpha value is -1.79. The summed E-state index contributed by atoms with van der Waals surface area (Å²) in [5.41, 5.74) is 1.29. The Balaban J connectivity index is 1.48. The lowest BCUT2D eigenvalue weighted by molar-refractivity contribution is -0.119. The van der Waals surface area contributed by atoms with Gasteiger partial charge in [0.05, 0.1) is 5.75 Å². The number of rotatable bonds is 9. The zero-order valence-electron chi connectivity index (χ0n) is 17.8. The maximum atomic E-state index is 12.4. The first kappa shape index (κ1) is 22.9. The van der Waals surface area contributed by atoms with Crippen molar-refractivity contribution in [3.05, 3.63) is 47.1 Å². The monoisotopic (exact) mass is 446 g/mol. The number of hydrogen-bond donors (Lipinski definition) is 1. The molecule has 3 rings (SSSR count). The molecular formula is C23H31ClN4OS. The van der Waals surface area contributed by atoms with Crippen LogP contribution in [0.1, 0.15) is 51.0 Å². The molecule has 1 atom stereocenters. The zero-order valence-corrected chi connectivity index (χ0v) is 19.4. The molecule has 1 unspecified atom stereocenters. The van der Waals surface area contributed by atoms with Crippen LogP contribution >= 0.6 is 23.4 Å². The average molecular weight is 447 g/mol. The molecule has 0 aliphatic heterocycles. The maximum Gasteiger partial charge on any atom is 0.230 e. The molecular weight excluding hydrogens is 416 g/mol. The van der Waals surface area contributed by atoms with Crippen LogP contribution in [0.4, 0.5) is 5.82 Å². The molecule has 1 N–H and O–H groups in total. The number of halogens is 1. The molecule has 1 heterocycles. The molecule has 1 fully saturated rings. The lowest BCUT2D eigenvalue weighted by atomic mass is 9.94. The van der Waals surface area contributed by atoms with Crippen molar-refractivity contribution in [1.82, 2.24) is 15.3 Å². The van der Waals surface area contributed by atoms with Crippen molar-refractivity contribution in [2.24, 2.45) is 0 Å². The van der Waals surface area contributed by atoms with E-state index in [2.05, 4.69) is 39.4 Å². The number of amides is 1.